The Kier molecular flexibility index (Phi) is 8.79. The van der Waals surface area contributed by atoms with E-state index in [9.17, 15) is 4.79 Å². The van der Waals surface area contributed by atoms with Gasteiger partial charge in [-0.25, -0.2) is 4.98 Å². The van der Waals surface area contributed by atoms with Crippen LogP contribution in [0.1, 0.15) is 62.7 Å². The van der Waals surface area contributed by atoms with E-state index < -0.39 is 0 Å². The van der Waals surface area contributed by atoms with E-state index in [1.54, 1.807) is 11.3 Å². The Morgan fingerprint density at radius 3 is 2.63 bits per heavy atom. The number of aromatic nitrogens is 1. The molecule has 0 N–H and O–H groups in total. The van der Waals surface area contributed by atoms with E-state index >= 15 is 0 Å². The lowest BCUT2D eigenvalue weighted by Crippen LogP contribution is -2.33. The van der Waals surface area contributed by atoms with Crippen molar-refractivity contribution in [3.05, 3.63) is 45.9 Å². The van der Waals surface area contributed by atoms with Crippen molar-refractivity contribution in [3.63, 3.8) is 0 Å². The van der Waals surface area contributed by atoms with Crippen LogP contribution >= 0.6 is 11.3 Å². The Hall–Kier alpha value is -1.88. The Labute approximate surface area is 167 Å². The molecule has 1 aromatic heterocycles. The van der Waals surface area contributed by atoms with E-state index in [4.69, 9.17) is 4.74 Å². The summed E-state index contributed by atoms with van der Waals surface area (Å²) in [7, 11) is 0. The zero-order chi connectivity index (χ0) is 19.6. The van der Waals surface area contributed by atoms with Crippen molar-refractivity contribution in [1.29, 1.82) is 0 Å². The van der Waals surface area contributed by atoms with Crippen molar-refractivity contribution in [3.8, 4) is 5.75 Å². The summed E-state index contributed by atoms with van der Waals surface area (Å²) in [5.74, 6) is 1.54. The van der Waals surface area contributed by atoms with Gasteiger partial charge in [-0.1, -0.05) is 51.3 Å². The standard InChI is InChI=1S/C22H32N2O2S/c1-5-6-7-8-22(25)24(13-17(2)3)14-19-16-27-21(23-19)15-26-20-11-9-18(4)10-12-20/h9-12,16-17H,5-8,13-15H2,1-4H3. The minimum Gasteiger partial charge on any atom is -0.486 e. The Bertz CT molecular complexity index is 695. The SMILES string of the molecule is CCCCCC(=O)N(Cc1csc(COc2ccc(C)cc2)n1)CC(C)C. The third-order valence-corrected chi connectivity index (χ3v) is 5.14. The van der Waals surface area contributed by atoms with Crippen molar-refractivity contribution >= 4 is 17.2 Å². The van der Waals surface area contributed by atoms with Gasteiger partial charge in [0.15, 0.2) is 0 Å². The molecule has 148 valence electrons. The highest BCUT2D eigenvalue weighted by atomic mass is 32.1. The lowest BCUT2D eigenvalue weighted by molar-refractivity contribution is -0.132. The highest BCUT2D eigenvalue weighted by Crippen LogP contribution is 2.18. The van der Waals surface area contributed by atoms with Crippen LogP contribution in [0.15, 0.2) is 29.6 Å². The number of benzene rings is 1. The van der Waals surface area contributed by atoms with Crippen LogP contribution in [0.25, 0.3) is 0 Å². The number of hydrogen-bond acceptors (Lipinski definition) is 4. The molecule has 0 spiro atoms. The first-order valence-corrected chi connectivity index (χ1v) is 10.8. The largest absolute Gasteiger partial charge is 0.486 e. The molecule has 0 unspecified atom stereocenters. The summed E-state index contributed by atoms with van der Waals surface area (Å²) >= 11 is 1.59. The second-order valence-electron chi connectivity index (χ2n) is 7.46. The minimum atomic E-state index is 0.239. The summed E-state index contributed by atoms with van der Waals surface area (Å²) in [4.78, 5) is 19.2. The zero-order valence-electron chi connectivity index (χ0n) is 17.0. The Morgan fingerprint density at radius 1 is 1.22 bits per heavy atom. The average molecular weight is 389 g/mol. The molecule has 0 bridgehead atoms. The van der Waals surface area contributed by atoms with Gasteiger partial charge < -0.3 is 9.64 Å². The molecule has 1 heterocycles. The molecule has 0 aliphatic rings. The second kappa shape index (κ2) is 11.1. The van der Waals surface area contributed by atoms with Crippen LogP contribution in [0.2, 0.25) is 0 Å². The van der Waals surface area contributed by atoms with Gasteiger partial charge in [0.1, 0.15) is 17.4 Å². The van der Waals surface area contributed by atoms with Crippen LogP contribution < -0.4 is 4.74 Å². The van der Waals surface area contributed by atoms with Gasteiger partial charge >= 0.3 is 0 Å². The Morgan fingerprint density at radius 2 is 1.96 bits per heavy atom. The molecule has 2 aromatic rings. The van der Waals surface area contributed by atoms with Gasteiger partial charge in [0.25, 0.3) is 0 Å². The first kappa shape index (κ1) is 21.4. The number of rotatable bonds is 11. The fraction of sp³-hybridized carbons (Fsp3) is 0.545. The minimum absolute atomic E-state index is 0.239. The first-order valence-electron chi connectivity index (χ1n) is 9.88. The quantitative estimate of drug-likeness (QED) is 0.471. The molecular weight excluding hydrogens is 356 g/mol. The predicted octanol–water partition coefficient (Wildman–Crippen LogP) is 5.60. The topological polar surface area (TPSA) is 42.4 Å². The maximum atomic E-state index is 12.6. The number of aryl methyl sites for hydroxylation is 1. The lowest BCUT2D eigenvalue weighted by Gasteiger charge is -2.24. The molecule has 0 fully saturated rings. The second-order valence-corrected chi connectivity index (χ2v) is 8.40. The van der Waals surface area contributed by atoms with Crippen LogP contribution in [0.3, 0.4) is 0 Å². The molecule has 5 heteroatoms. The van der Waals surface area contributed by atoms with Gasteiger partial charge in [0.2, 0.25) is 5.91 Å². The van der Waals surface area contributed by atoms with E-state index in [1.807, 2.05) is 34.5 Å². The van der Waals surface area contributed by atoms with Crippen molar-refractivity contribution < 1.29 is 9.53 Å². The molecule has 27 heavy (non-hydrogen) atoms. The summed E-state index contributed by atoms with van der Waals surface area (Å²) in [5, 5.41) is 2.98. The third kappa shape index (κ3) is 7.71. The van der Waals surface area contributed by atoms with Gasteiger partial charge in [-0.15, -0.1) is 11.3 Å². The maximum Gasteiger partial charge on any atom is 0.222 e. The maximum absolute atomic E-state index is 12.6. The van der Waals surface area contributed by atoms with E-state index in [1.165, 1.54) is 5.56 Å². The van der Waals surface area contributed by atoms with E-state index in [0.29, 0.717) is 25.5 Å². The number of amides is 1. The number of ether oxygens (including phenoxy) is 1. The molecular formula is C22H32N2O2S. The first-order chi connectivity index (χ1) is 13.0. The molecule has 4 nitrogen and oxygen atoms in total. The monoisotopic (exact) mass is 388 g/mol. The summed E-state index contributed by atoms with van der Waals surface area (Å²) in [6.45, 7) is 10.3. The number of thiazole rings is 1. The molecule has 0 atom stereocenters. The molecule has 2 rings (SSSR count). The smallest absolute Gasteiger partial charge is 0.222 e. The van der Waals surface area contributed by atoms with E-state index in [2.05, 4.69) is 32.7 Å². The fourth-order valence-corrected chi connectivity index (χ4v) is 3.54. The number of carbonyl (C=O) groups is 1. The van der Waals surface area contributed by atoms with Crippen molar-refractivity contribution in [2.24, 2.45) is 5.92 Å². The third-order valence-electron chi connectivity index (χ3n) is 4.27. The average Bonchev–Trinajstić information content (AvgIpc) is 3.08. The Balaban J connectivity index is 1.91. The van der Waals surface area contributed by atoms with E-state index in [0.717, 1.165) is 42.3 Å². The summed E-state index contributed by atoms with van der Waals surface area (Å²) in [5.41, 5.74) is 2.17. The van der Waals surface area contributed by atoms with E-state index in [-0.39, 0.29) is 5.91 Å². The van der Waals surface area contributed by atoms with Crippen LogP contribution in [-0.2, 0) is 17.9 Å². The molecule has 0 radical (unpaired) electrons. The molecule has 0 aliphatic carbocycles. The molecule has 1 amide bonds. The zero-order valence-corrected chi connectivity index (χ0v) is 17.8. The van der Waals surface area contributed by atoms with Gasteiger partial charge in [0.05, 0.1) is 12.2 Å². The highest BCUT2D eigenvalue weighted by Gasteiger charge is 2.16. The molecule has 0 aliphatic heterocycles. The summed E-state index contributed by atoms with van der Waals surface area (Å²) < 4.78 is 5.81. The summed E-state index contributed by atoms with van der Waals surface area (Å²) in [6.07, 6.45) is 3.84. The van der Waals surface area contributed by atoms with Crippen LogP contribution in [0.5, 0.6) is 5.75 Å². The predicted molar refractivity (Wildman–Crippen MR) is 112 cm³/mol. The van der Waals surface area contributed by atoms with Gasteiger partial charge in [-0.05, 0) is 31.4 Å². The van der Waals surface area contributed by atoms with Crippen LogP contribution in [0, 0.1) is 12.8 Å². The number of carbonyl (C=O) groups excluding carboxylic acids is 1. The molecule has 1 aromatic carbocycles. The molecule has 0 saturated heterocycles. The fourth-order valence-electron chi connectivity index (χ4n) is 2.84. The number of unbranched alkanes of at least 4 members (excludes halogenated alkanes) is 2. The normalized spacial score (nSPS) is 11.0. The van der Waals surface area contributed by atoms with Gasteiger partial charge in [-0.2, -0.15) is 0 Å². The summed E-state index contributed by atoms with van der Waals surface area (Å²) in [6, 6.07) is 8.03. The van der Waals surface area contributed by atoms with Gasteiger partial charge in [-0.3, -0.25) is 4.79 Å². The highest BCUT2D eigenvalue weighted by molar-refractivity contribution is 7.09. The number of nitrogens with zero attached hydrogens (tertiary/aromatic N) is 2. The van der Waals surface area contributed by atoms with Gasteiger partial charge in [0, 0.05) is 18.3 Å². The molecule has 0 saturated carbocycles. The van der Waals surface area contributed by atoms with Crippen molar-refractivity contribution in [2.45, 2.75) is 66.5 Å². The number of hydrogen-bond donors (Lipinski definition) is 0. The van der Waals surface area contributed by atoms with Crippen molar-refractivity contribution in [1.82, 2.24) is 9.88 Å². The lowest BCUT2D eigenvalue weighted by atomic mass is 10.1. The van der Waals surface area contributed by atoms with Crippen LogP contribution in [-0.4, -0.2) is 22.3 Å². The van der Waals surface area contributed by atoms with Crippen LogP contribution in [0.4, 0.5) is 0 Å². The van der Waals surface area contributed by atoms with Crippen molar-refractivity contribution in [2.75, 3.05) is 6.54 Å².